The minimum Gasteiger partial charge on any atom is -0.370 e. The van der Waals surface area contributed by atoms with Gasteiger partial charge in [0.1, 0.15) is 18.0 Å². The van der Waals surface area contributed by atoms with Gasteiger partial charge in [0.2, 0.25) is 5.91 Å². The predicted octanol–water partition coefficient (Wildman–Crippen LogP) is 1.82. The molecule has 0 bridgehead atoms. The Hall–Kier alpha value is -1.85. The van der Waals surface area contributed by atoms with Crippen LogP contribution in [0.4, 0.5) is 11.6 Å². The number of hydrogen-bond acceptors (Lipinski definition) is 5. The Kier molecular flexibility index (Phi) is 7.50. The summed E-state index contributed by atoms with van der Waals surface area (Å²) in [6, 6.07) is 0. The van der Waals surface area contributed by atoms with Gasteiger partial charge >= 0.3 is 0 Å². The molecule has 0 aliphatic carbocycles. The molecule has 0 saturated carbocycles. The lowest BCUT2D eigenvalue weighted by atomic mass is 10.2. The summed E-state index contributed by atoms with van der Waals surface area (Å²) in [5.74, 6) is 1.74. The first-order valence-electron chi connectivity index (χ1n) is 7.77. The van der Waals surface area contributed by atoms with E-state index in [1.165, 1.54) is 0 Å². The Morgan fingerprint density at radius 1 is 1.24 bits per heavy atom. The maximum absolute atomic E-state index is 11.8. The molecular weight excluding hydrogens is 266 g/mol. The molecule has 0 aliphatic rings. The summed E-state index contributed by atoms with van der Waals surface area (Å²) >= 11 is 0. The number of carbonyl (C=O) groups is 1. The summed E-state index contributed by atoms with van der Waals surface area (Å²) in [5.41, 5.74) is 1.07. The lowest BCUT2D eigenvalue weighted by Crippen LogP contribution is -2.38. The van der Waals surface area contributed by atoms with E-state index in [-0.39, 0.29) is 5.91 Å². The zero-order valence-corrected chi connectivity index (χ0v) is 13.6. The molecule has 1 amide bonds. The first-order valence-corrected chi connectivity index (χ1v) is 7.77. The Bertz CT molecular complexity index is 450. The average molecular weight is 293 g/mol. The Balaban J connectivity index is 2.99. The van der Waals surface area contributed by atoms with Crippen molar-refractivity contribution in [1.29, 1.82) is 0 Å². The number of nitrogens with zero attached hydrogens (tertiary/aromatic N) is 3. The van der Waals surface area contributed by atoms with Crippen LogP contribution in [0.15, 0.2) is 6.33 Å². The van der Waals surface area contributed by atoms with Crippen LogP contribution in [0.25, 0.3) is 0 Å². The highest BCUT2D eigenvalue weighted by Crippen LogP contribution is 2.23. The van der Waals surface area contributed by atoms with Crippen LogP contribution in [-0.4, -0.2) is 42.1 Å². The van der Waals surface area contributed by atoms with Crippen molar-refractivity contribution < 1.29 is 4.79 Å². The zero-order chi connectivity index (χ0) is 15.7. The van der Waals surface area contributed by atoms with Crippen molar-refractivity contribution in [3.05, 3.63) is 11.9 Å². The Morgan fingerprint density at radius 2 is 2.00 bits per heavy atom. The number of hydrogen-bond donors (Lipinski definition) is 2. The summed E-state index contributed by atoms with van der Waals surface area (Å²) in [6.45, 7) is 10.7. The molecule has 0 unspecified atom stereocenters. The van der Waals surface area contributed by atoms with Gasteiger partial charge in [-0.25, -0.2) is 9.97 Å². The smallest absolute Gasteiger partial charge is 0.239 e. The maximum Gasteiger partial charge on any atom is 0.239 e. The van der Waals surface area contributed by atoms with E-state index >= 15 is 0 Å². The van der Waals surface area contributed by atoms with Crippen molar-refractivity contribution in [1.82, 2.24) is 15.3 Å². The summed E-state index contributed by atoms with van der Waals surface area (Å²) in [5, 5.41) is 6.16. The third-order valence-electron chi connectivity index (χ3n) is 3.21. The summed E-state index contributed by atoms with van der Waals surface area (Å²) in [6.07, 6.45) is 3.43. The number of amides is 1. The van der Waals surface area contributed by atoms with Gasteiger partial charge in [0.15, 0.2) is 0 Å². The molecule has 0 aliphatic heterocycles. The molecular formula is C15H27N5O. The van der Waals surface area contributed by atoms with Crippen molar-refractivity contribution in [2.45, 2.75) is 40.5 Å². The number of aromatic nitrogens is 2. The van der Waals surface area contributed by atoms with Crippen LogP contribution in [-0.2, 0) is 11.2 Å². The van der Waals surface area contributed by atoms with Crippen LogP contribution < -0.4 is 15.5 Å². The molecule has 1 aromatic heterocycles. The van der Waals surface area contributed by atoms with Gasteiger partial charge in [0.05, 0.1) is 6.54 Å². The van der Waals surface area contributed by atoms with Crippen LogP contribution >= 0.6 is 0 Å². The number of rotatable bonds is 9. The molecule has 21 heavy (non-hydrogen) atoms. The molecule has 0 saturated heterocycles. The highest BCUT2D eigenvalue weighted by atomic mass is 16.2. The Morgan fingerprint density at radius 3 is 2.57 bits per heavy atom. The molecule has 0 spiro atoms. The van der Waals surface area contributed by atoms with E-state index in [2.05, 4.69) is 34.4 Å². The van der Waals surface area contributed by atoms with Crippen molar-refractivity contribution in [3.8, 4) is 0 Å². The summed E-state index contributed by atoms with van der Waals surface area (Å²) in [7, 11) is 0. The monoisotopic (exact) mass is 293 g/mol. The third kappa shape index (κ3) is 4.88. The molecule has 6 heteroatoms. The van der Waals surface area contributed by atoms with Crippen molar-refractivity contribution in [2.24, 2.45) is 0 Å². The van der Waals surface area contributed by atoms with E-state index in [1.807, 2.05) is 18.7 Å². The highest BCUT2D eigenvalue weighted by molar-refractivity contribution is 5.81. The molecule has 118 valence electrons. The molecule has 6 nitrogen and oxygen atoms in total. The molecule has 1 heterocycles. The molecule has 2 N–H and O–H groups in total. The van der Waals surface area contributed by atoms with Crippen LogP contribution in [0.2, 0.25) is 0 Å². The second-order valence-electron chi connectivity index (χ2n) is 4.77. The van der Waals surface area contributed by atoms with Gasteiger partial charge in [-0.2, -0.15) is 0 Å². The van der Waals surface area contributed by atoms with E-state index in [9.17, 15) is 4.79 Å². The van der Waals surface area contributed by atoms with Crippen molar-refractivity contribution >= 4 is 17.5 Å². The van der Waals surface area contributed by atoms with E-state index in [1.54, 1.807) is 6.33 Å². The lowest BCUT2D eigenvalue weighted by Gasteiger charge is -2.24. The molecule has 1 aromatic rings. The highest BCUT2D eigenvalue weighted by Gasteiger charge is 2.17. The average Bonchev–Trinajstić information content (AvgIpc) is 2.50. The molecule has 0 radical (unpaired) electrons. The van der Waals surface area contributed by atoms with Crippen LogP contribution in [0.5, 0.6) is 0 Å². The van der Waals surface area contributed by atoms with Gasteiger partial charge in [-0.1, -0.05) is 13.8 Å². The van der Waals surface area contributed by atoms with E-state index < -0.39 is 0 Å². The van der Waals surface area contributed by atoms with E-state index in [0.717, 1.165) is 43.1 Å². The number of likely N-dealkylation sites (N-methyl/N-ethyl adjacent to an activating group) is 2. The Labute approximate surface area is 127 Å². The van der Waals surface area contributed by atoms with Gasteiger partial charge in [0, 0.05) is 25.2 Å². The number of nitrogens with one attached hydrogen (secondary N) is 2. The number of anilines is 2. The van der Waals surface area contributed by atoms with Crippen LogP contribution in [0, 0.1) is 0 Å². The predicted molar refractivity (Wildman–Crippen MR) is 86.8 cm³/mol. The summed E-state index contributed by atoms with van der Waals surface area (Å²) in [4.78, 5) is 22.5. The van der Waals surface area contributed by atoms with Gasteiger partial charge < -0.3 is 15.5 Å². The normalized spacial score (nSPS) is 10.3. The lowest BCUT2D eigenvalue weighted by molar-refractivity contribution is -0.119. The fourth-order valence-corrected chi connectivity index (χ4v) is 2.16. The first kappa shape index (κ1) is 17.2. The van der Waals surface area contributed by atoms with Gasteiger partial charge in [-0.3, -0.25) is 4.79 Å². The first-order chi connectivity index (χ1) is 10.2. The van der Waals surface area contributed by atoms with E-state index in [0.29, 0.717) is 13.1 Å². The van der Waals surface area contributed by atoms with Crippen LogP contribution in [0.1, 0.15) is 39.7 Å². The van der Waals surface area contributed by atoms with Gasteiger partial charge in [0.25, 0.3) is 0 Å². The molecule has 1 rings (SSSR count). The van der Waals surface area contributed by atoms with Crippen LogP contribution in [0.3, 0.4) is 0 Å². The molecule has 0 fully saturated rings. The molecule has 0 aromatic carbocycles. The van der Waals surface area contributed by atoms with Crippen molar-refractivity contribution in [2.75, 3.05) is 36.4 Å². The fourth-order valence-electron chi connectivity index (χ4n) is 2.16. The molecule has 0 atom stereocenters. The van der Waals surface area contributed by atoms with E-state index in [4.69, 9.17) is 0 Å². The fraction of sp³-hybridized carbons (Fsp3) is 0.667. The third-order valence-corrected chi connectivity index (χ3v) is 3.21. The van der Waals surface area contributed by atoms with Crippen molar-refractivity contribution in [3.63, 3.8) is 0 Å². The van der Waals surface area contributed by atoms with Gasteiger partial charge in [-0.05, 0) is 26.7 Å². The minimum absolute atomic E-state index is 0.0167. The zero-order valence-electron chi connectivity index (χ0n) is 13.6. The topological polar surface area (TPSA) is 70.2 Å². The number of carbonyl (C=O) groups excluding carboxylic acids is 1. The maximum atomic E-state index is 11.8. The second-order valence-corrected chi connectivity index (χ2v) is 4.77. The SMILES string of the molecule is CCCNc1ncnc(N(CC)CC(=O)NCC)c1CC. The van der Waals surface area contributed by atoms with Gasteiger partial charge in [-0.15, -0.1) is 0 Å². The minimum atomic E-state index is 0.0167. The largest absolute Gasteiger partial charge is 0.370 e. The quantitative estimate of drug-likeness (QED) is 0.727. The second kappa shape index (κ2) is 9.15. The summed E-state index contributed by atoms with van der Waals surface area (Å²) < 4.78 is 0. The standard InChI is InChI=1S/C15H27N5O/c1-5-9-17-14-12(6-2)15(19-11-18-14)20(8-4)10-13(21)16-7-3/h11H,5-10H2,1-4H3,(H,16,21)(H,17,18,19).